The van der Waals surface area contributed by atoms with Crippen molar-refractivity contribution in [3.05, 3.63) is 89.4 Å². The molecule has 3 aliphatic rings. The topological polar surface area (TPSA) is 60.9 Å². The Morgan fingerprint density at radius 2 is 1.38 bits per heavy atom. The Balaban J connectivity index is 1.58. The number of benzene rings is 3. The molecule has 0 unspecified atom stereocenters. The molecule has 3 aliphatic heterocycles. The van der Waals surface area contributed by atoms with Gasteiger partial charge in [0.25, 0.3) is 11.8 Å². The van der Waals surface area contributed by atoms with E-state index in [1.165, 1.54) is 9.80 Å². The molecule has 170 valence electrons. The maximum atomic E-state index is 14.3. The second kappa shape index (κ2) is 7.71. The lowest BCUT2D eigenvalue weighted by Crippen LogP contribution is -2.72. The average molecular weight is 472 g/mol. The van der Waals surface area contributed by atoms with Gasteiger partial charge in [-0.1, -0.05) is 54.1 Å². The van der Waals surface area contributed by atoms with Crippen molar-refractivity contribution in [3.63, 3.8) is 0 Å². The van der Waals surface area contributed by atoms with Gasteiger partial charge in [0.15, 0.2) is 5.41 Å². The zero-order valence-corrected chi connectivity index (χ0v) is 19.1. The quantitative estimate of drug-likeness (QED) is 0.491. The van der Waals surface area contributed by atoms with E-state index in [4.69, 9.17) is 11.6 Å². The van der Waals surface area contributed by atoms with Crippen LogP contribution in [0.15, 0.2) is 78.9 Å². The summed E-state index contributed by atoms with van der Waals surface area (Å²) in [4.78, 5) is 46.9. The van der Waals surface area contributed by atoms with Crippen LogP contribution in [0.4, 0.5) is 21.9 Å². The largest absolute Gasteiger partial charge is 0.367 e. The number of carbonyl (C=O) groups is 3. The number of barbiturate groups is 1. The summed E-state index contributed by atoms with van der Waals surface area (Å²) in [7, 11) is 0. The van der Waals surface area contributed by atoms with E-state index in [-0.39, 0.29) is 12.5 Å². The molecule has 2 saturated heterocycles. The fraction of sp³-hybridized carbons (Fsp3) is 0.222. The van der Waals surface area contributed by atoms with Crippen LogP contribution in [0, 0.1) is 5.41 Å². The molecule has 0 bridgehead atoms. The minimum Gasteiger partial charge on any atom is -0.367 e. The van der Waals surface area contributed by atoms with Crippen LogP contribution in [-0.4, -0.2) is 30.4 Å². The Labute approximate surface area is 202 Å². The summed E-state index contributed by atoms with van der Waals surface area (Å²) in [5, 5.41) is 0.619. The number of anilines is 3. The van der Waals surface area contributed by atoms with Crippen LogP contribution >= 0.6 is 11.6 Å². The highest BCUT2D eigenvalue weighted by Gasteiger charge is 2.65. The number of rotatable bonds is 2. The Morgan fingerprint density at radius 3 is 1.97 bits per heavy atom. The third-order valence-corrected chi connectivity index (χ3v) is 7.46. The molecular formula is C27H22ClN3O3. The fourth-order valence-corrected chi connectivity index (χ4v) is 5.92. The van der Waals surface area contributed by atoms with Gasteiger partial charge >= 0.3 is 6.03 Å². The molecule has 6 nitrogen and oxygen atoms in total. The second-order valence-corrected chi connectivity index (χ2v) is 9.44. The van der Waals surface area contributed by atoms with Gasteiger partial charge in [-0.25, -0.2) is 14.6 Å². The molecule has 0 aliphatic carbocycles. The summed E-state index contributed by atoms with van der Waals surface area (Å²) in [6, 6.07) is 22.3. The zero-order valence-electron chi connectivity index (χ0n) is 18.4. The van der Waals surface area contributed by atoms with Crippen LogP contribution in [0.5, 0.6) is 0 Å². The summed E-state index contributed by atoms with van der Waals surface area (Å²) in [5.41, 5.74) is 1.35. The molecule has 3 aromatic rings. The van der Waals surface area contributed by atoms with Gasteiger partial charge in [-0.3, -0.25) is 9.59 Å². The van der Waals surface area contributed by atoms with Gasteiger partial charge in [0.2, 0.25) is 0 Å². The molecule has 2 fully saturated rings. The van der Waals surface area contributed by atoms with Crippen molar-refractivity contribution >= 4 is 46.5 Å². The molecule has 34 heavy (non-hydrogen) atoms. The highest BCUT2D eigenvalue weighted by molar-refractivity contribution is 6.39. The van der Waals surface area contributed by atoms with Gasteiger partial charge in [0.05, 0.1) is 17.4 Å². The number of hydrogen-bond acceptors (Lipinski definition) is 4. The molecule has 6 rings (SSSR count). The van der Waals surface area contributed by atoms with E-state index < -0.39 is 23.3 Å². The third-order valence-electron chi connectivity index (χ3n) is 7.23. The molecule has 0 N–H and O–H groups in total. The molecule has 4 amide bonds. The predicted molar refractivity (Wildman–Crippen MR) is 131 cm³/mol. The van der Waals surface area contributed by atoms with Crippen molar-refractivity contribution in [1.29, 1.82) is 0 Å². The van der Waals surface area contributed by atoms with E-state index >= 15 is 0 Å². The van der Waals surface area contributed by atoms with E-state index in [9.17, 15) is 14.4 Å². The standard InChI is InChI=1S/C27H22ClN3O3/c28-19-14-13-18-17-27(23-12-7-15-29(23)22(18)16-19)24(32)30(20-8-3-1-4-9-20)26(34)31(25(27)33)21-10-5-2-6-11-21/h1-6,8-11,13-14,16,23H,7,12,15,17H2/t23-/m0/s1. The van der Waals surface area contributed by atoms with Gasteiger partial charge in [0, 0.05) is 17.3 Å². The number of imide groups is 2. The second-order valence-electron chi connectivity index (χ2n) is 9.01. The fourth-order valence-electron chi connectivity index (χ4n) is 5.75. The van der Waals surface area contributed by atoms with E-state index in [1.807, 2.05) is 24.3 Å². The third kappa shape index (κ3) is 2.85. The van der Waals surface area contributed by atoms with Crippen molar-refractivity contribution < 1.29 is 14.4 Å². The highest BCUT2D eigenvalue weighted by Crippen LogP contribution is 2.51. The molecule has 0 aromatic heterocycles. The molecule has 3 heterocycles. The Bertz CT molecular complexity index is 1250. The smallest absolute Gasteiger partial charge is 0.342 e. The first kappa shape index (κ1) is 20.9. The van der Waals surface area contributed by atoms with Gasteiger partial charge in [-0.05, 0) is 61.2 Å². The minimum absolute atomic E-state index is 0.221. The molecule has 7 heteroatoms. The van der Waals surface area contributed by atoms with Crippen LogP contribution in [0.25, 0.3) is 0 Å². The lowest BCUT2D eigenvalue weighted by molar-refractivity contribution is -0.142. The minimum atomic E-state index is -1.42. The summed E-state index contributed by atoms with van der Waals surface area (Å²) in [6.07, 6.45) is 1.75. The van der Waals surface area contributed by atoms with E-state index in [0.29, 0.717) is 22.8 Å². The average Bonchev–Trinajstić information content (AvgIpc) is 3.35. The van der Waals surface area contributed by atoms with Crippen LogP contribution in [0.2, 0.25) is 5.02 Å². The van der Waals surface area contributed by atoms with Crippen molar-refractivity contribution in [1.82, 2.24) is 0 Å². The normalized spacial score (nSPS) is 21.1. The summed E-state index contributed by atoms with van der Waals surface area (Å²) in [6.45, 7) is 0.727. The number of hydrogen-bond donors (Lipinski definition) is 0. The number of carbonyl (C=O) groups excluding carboxylic acids is 3. The van der Waals surface area contributed by atoms with Crippen molar-refractivity contribution in [2.75, 3.05) is 21.2 Å². The van der Waals surface area contributed by atoms with Gasteiger partial charge in [-0.2, -0.15) is 0 Å². The van der Waals surface area contributed by atoms with E-state index in [1.54, 1.807) is 54.6 Å². The van der Waals surface area contributed by atoms with Crippen LogP contribution in [-0.2, 0) is 16.0 Å². The zero-order chi connectivity index (χ0) is 23.4. The Morgan fingerprint density at radius 1 is 0.794 bits per heavy atom. The van der Waals surface area contributed by atoms with Crippen molar-refractivity contribution in [2.45, 2.75) is 25.3 Å². The molecule has 0 radical (unpaired) electrons. The summed E-state index contributed by atoms with van der Waals surface area (Å²) in [5.74, 6) is -0.920. The number of nitrogens with zero attached hydrogens (tertiary/aromatic N) is 3. The summed E-state index contributed by atoms with van der Waals surface area (Å²) < 4.78 is 0. The van der Waals surface area contributed by atoms with Gasteiger partial charge < -0.3 is 4.90 Å². The first-order chi connectivity index (χ1) is 16.5. The molecular weight excluding hydrogens is 450 g/mol. The SMILES string of the molecule is O=C1N(c2ccccc2)C(=O)C2(Cc3ccc(Cl)cc3N3CCC[C@H]32)C(=O)N1c1ccccc1. The maximum absolute atomic E-state index is 14.3. The lowest BCUT2D eigenvalue weighted by atomic mass is 9.68. The lowest BCUT2D eigenvalue weighted by Gasteiger charge is -2.51. The first-order valence-corrected chi connectivity index (χ1v) is 11.8. The van der Waals surface area contributed by atoms with Gasteiger partial charge in [-0.15, -0.1) is 0 Å². The number of amides is 4. The molecule has 1 atom stereocenters. The Hall–Kier alpha value is -3.64. The van der Waals surface area contributed by atoms with E-state index in [2.05, 4.69) is 4.90 Å². The maximum Gasteiger partial charge on any atom is 0.342 e. The summed E-state index contributed by atoms with van der Waals surface area (Å²) >= 11 is 6.31. The van der Waals surface area contributed by atoms with Gasteiger partial charge in [0.1, 0.15) is 0 Å². The predicted octanol–water partition coefficient (Wildman–Crippen LogP) is 5.05. The van der Waals surface area contributed by atoms with Crippen LogP contribution in [0.3, 0.4) is 0 Å². The Kier molecular flexibility index (Phi) is 4.74. The molecule has 1 spiro atoms. The van der Waals surface area contributed by atoms with Crippen molar-refractivity contribution in [3.8, 4) is 0 Å². The monoisotopic (exact) mass is 471 g/mol. The van der Waals surface area contributed by atoms with Crippen molar-refractivity contribution in [2.24, 2.45) is 5.41 Å². The number of para-hydroxylation sites is 2. The van der Waals surface area contributed by atoms with Crippen LogP contribution in [0.1, 0.15) is 18.4 Å². The number of halogens is 1. The van der Waals surface area contributed by atoms with Crippen LogP contribution < -0.4 is 14.7 Å². The molecule has 0 saturated carbocycles. The van der Waals surface area contributed by atoms with E-state index in [0.717, 1.165) is 24.2 Å². The molecule has 3 aromatic carbocycles. The highest BCUT2D eigenvalue weighted by atomic mass is 35.5. The first-order valence-electron chi connectivity index (χ1n) is 11.4. The number of urea groups is 1. The number of fused-ring (bicyclic) bond motifs is 4.